The second-order valence-corrected chi connectivity index (χ2v) is 4.85. The molecule has 0 radical (unpaired) electrons. The Balaban J connectivity index is 1.76. The van der Waals surface area contributed by atoms with Gasteiger partial charge in [0.15, 0.2) is 5.78 Å². The van der Waals surface area contributed by atoms with E-state index < -0.39 is 5.82 Å². The smallest absolute Gasteiger partial charge is 0.184 e. The third-order valence-electron chi connectivity index (χ3n) is 3.64. The average Bonchev–Trinajstić information content (AvgIpc) is 2.68. The van der Waals surface area contributed by atoms with Gasteiger partial charge in [-0.2, -0.15) is 0 Å². The Labute approximate surface area is 99.0 Å². The number of halogens is 1. The summed E-state index contributed by atoms with van der Waals surface area (Å²) in [4.78, 5) is 16.0. The number of fused-ring (bicyclic) bond motifs is 2. The lowest BCUT2D eigenvalue weighted by atomic mass is 9.90. The maximum atomic E-state index is 12.7. The quantitative estimate of drug-likeness (QED) is 0.739. The van der Waals surface area contributed by atoms with E-state index in [1.165, 1.54) is 12.1 Å². The highest BCUT2D eigenvalue weighted by atomic mass is 19.1. The van der Waals surface area contributed by atoms with Crippen LogP contribution in [0.3, 0.4) is 0 Å². The number of rotatable bonds is 2. The van der Waals surface area contributed by atoms with E-state index in [0.717, 1.165) is 31.9 Å². The first-order valence-corrected chi connectivity index (χ1v) is 6.03. The van der Waals surface area contributed by atoms with Gasteiger partial charge >= 0.3 is 0 Å². The van der Waals surface area contributed by atoms with Crippen molar-refractivity contribution in [3.05, 3.63) is 29.8 Å². The van der Waals surface area contributed by atoms with E-state index >= 15 is 0 Å². The highest BCUT2D eigenvalue weighted by Crippen LogP contribution is 2.36. The van der Waals surface area contributed by atoms with Crippen LogP contribution >= 0.6 is 0 Å². The fourth-order valence-corrected chi connectivity index (χ4v) is 2.80. The van der Waals surface area contributed by atoms with Crippen molar-refractivity contribution in [2.75, 3.05) is 0 Å². The molecule has 0 N–H and O–H groups in total. The van der Waals surface area contributed by atoms with Crippen molar-refractivity contribution in [1.82, 2.24) is 4.98 Å². The number of nitrogens with zero attached hydrogens (tertiary/aromatic N) is 1. The van der Waals surface area contributed by atoms with E-state index in [1.807, 2.05) is 0 Å². The number of pyridine rings is 1. The molecule has 0 aromatic carbocycles. The van der Waals surface area contributed by atoms with E-state index in [1.54, 1.807) is 0 Å². The lowest BCUT2D eigenvalue weighted by Gasteiger charge is -2.26. The summed E-state index contributed by atoms with van der Waals surface area (Å²) in [6, 6.07) is 2.75. The molecular formula is C13H14FNO2. The summed E-state index contributed by atoms with van der Waals surface area (Å²) in [7, 11) is 0. The molecule has 2 aliphatic rings. The zero-order valence-corrected chi connectivity index (χ0v) is 9.43. The van der Waals surface area contributed by atoms with Gasteiger partial charge in [-0.05, 0) is 37.8 Å². The Morgan fingerprint density at radius 3 is 2.59 bits per heavy atom. The molecule has 2 unspecified atom stereocenters. The van der Waals surface area contributed by atoms with Gasteiger partial charge in [-0.25, -0.2) is 4.39 Å². The van der Waals surface area contributed by atoms with E-state index in [0.29, 0.717) is 5.69 Å². The highest BCUT2D eigenvalue weighted by Gasteiger charge is 2.38. The predicted octanol–water partition coefficient (Wildman–Crippen LogP) is 2.36. The molecule has 90 valence electrons. The lowest BCUT2D eigenvalue weighted by Crippen LogP contribution is -2.30. The number of Topliss-reactive ketones (excluding diaryl/α,β-unsaturated/α-hetero) is 1. The van der Waals surface area contributed by atoms with E-state index in [-0.39, 0.29) is 23.9 Å². The molecule has 3 heterocycles. The van der Waals surface area contributed by atoms with Gasteiger partial charge in [0.05, 0.1) is 18.4 Å². The minimum Gasteiger partial charge on any atom is -0.375 e. The molecule has 2 fully saturated rings. The largest absolute Gasteiger partial charge is 0.375 e. The van der Waals surface area contributed by atoms with Crippen molar-refractivity contribution in [1.29, 1.82) is 0 Å². The Kier molecular flexibility index (Phi) is 2.67. The molecule has 0 saturated carbocycles. The SMILES string of the molecule is O=C(c1ccc(F)cn1)C1CC2CCC(C1)O2. The number of ether oxygens (including phenoxy) is 1. The Bertz CT molecular complexity index is 420. The van der Waals surface area contributed by atoms with Gasteiger partial charge in [0.25, 0.3) is 0 Å². The molecule has 2 aliphatic heterocycles. The molecule has 0 aliphatic carbocycles. The van der Waals surface area contributed by atoms with Gasteiger partial charge in [-0.1, -0.05) is 0 Å². The summed E-state index contributed by atoms with van der Waals surface area (Å²) in [6.45, 7) is 0. The monoisotopic (exact) mass is 235 g/mol. The van der Waals surface area contributed by atoms with E-state index in [9.17, 15) is 9.18 Å². The van der Waals surface area contributed by atoms with Gasteiger partial charge in [0, 0.05) is 5.92 Å². The molecule has 2 atom stereocenters. The number of aromatic nitrogens is 1. The molecule has 17 heavy (non-hydrogen) atoms. The Morgan fingerprint density at radius 2 is 2.00 bits per heavy atom. The maximum absolute atomic E-state index is 12.7. The van der Waals surface area contributed by atoms with Crippen LogP contribution in [-0.4, -0.2) is 23.0 Å². The summed E-state index contributed by atoms with van der Waals surface area (Å²) in [6.07, 6.45) is 5.27. The molecule has 3 nitrogen and oxygen atoms in total. The summed E-state index contributed by atoms with van der Waals surface area (Å²) in [5.74, 6) is -0.377. The standard InChI is InChI=1S/C13H14FNO2/c14-9-1-4-12(15-7-9)13(16)8-5-10-2-3-11(6-8)17-10/h1,4,7-8,10-11H,2-3,5-6H2. The van der Waals surface area contributed by atoms with Crippen molar-refractivity contribution in [2.45, 2.75) is 37.9 Å². The fourth-order valence-electron chi connectivity index (χ4n) is 2.80. The van der Waals surface area contributed by atoms with Gasteiger partial charge in [-0.15, -0.1) is 0 Å². The summed E-state index contributed by atoms with van der Waals surface area (Å²) in [5.41, 5.74) is 0.373. The van der Waals surface area contributed by atoms with Gasteiger partial charge in [0.2, 0.25) is 0 Å². The predicted molar refractivity (Wildman–Crippen MR) is 59.1 cm³/mol. The van der Waals surface area contributed by atoms with Crippen LogP contribution in [0.2, 0.25) is 0 Å². The number of hydrogen-bond acceptors (Lipinski definition) is 3. The maximum Gasteiger partial charge on any atom is 0.184 e. The van der Waals surface area contributed by atoms with Crippen molar-refractivity contribution in [3.8, 4) is 0 Å². The zero-order valence-electron chi connectivity index (χ0n) is 9.43. The van der Waals surface area contributed by atoms with Crippen molar-refractivity contribution < 1.29 is 13.9 Å². The van der Waals surface area contributed by atoms with Crippen LogP contribution in [-0.2, 0) is 4.74 Å². The van der Waals surface area contributed by atoms with Crippen molar-refractivity contribution in [3.63, 3.8) is 0 Å². The average molecular weight is 235 g/mol. The molecular weight excluding hydrogens is 221 g/mol. The lowest BCUT2D eigenvalue weighted by molar-refractivity contribution is -0.0150. The topological polar surface area (TPSA) is 39.2 Å². The number of ketones is 1. The number of carbonyl (C=O) groups excluding carboxylic acids is 1. The second kappa shape index (κ2) is 4.18. The molecule has 2 saturated heterocycles. The molecule has 1 aromatic heterocycles. The second-order valence-electron chi connectivity index (χ2n) is 4.85. The van der Waals surface area contributed by atoms with E-state index in [4.69, 9.17) is 4.74 Å². The van der Waals surface area contributed by atoms with Gasteiger partial charge in [-0.3, -0.25) is 9.78 Å². The van der Waals surface area contributed by atoms with Crippen LogP contribution in [0.5, 0.6) is 0 Å². The molecule has 0 spiro atoms. The first-order valence-electron chi connectivity index (χ1n) is 6.03. The molecule has 4 heteroatoms. The van der Waals surface area contributed by atoms with Crippen LogP contribution in [0, 0.1) is 11.7 Å². The fraction of sp³-hybridized carbons (Fsp3) is 0.538. The van der Waals surface area contributed by atoms with Crippen LogP contribution < -0.4 is 0 Å². The molecule has 3 rings (SSSR count). The minimum absolute atomic E-state index is 0.000730. The Morgan fingerprint density at radius 1 is 1.29 bits per heavy atom. The van der Waals surface area contributed by atoms with Crippen molar-refractivity contribution in [2.24, 2.45) is 5.92 Å². The summed E-state index contributed by atoms with van der Waals surface area (Å²) < 4.78 is 18.4. The minimum atomic E-state index is -0.409. The first-order chi connectivity index (χ1) is 8.22. The van der Waals surface area contributed by atoms with Crippen LogP contribution in [0.4, 0.5) is 4.39 Å². The highest BCUT2D eigenvalue weighted by molar-refractivity contribution is 5.96. The summed E-state index contributed by atoms with van der Waals surface area (Å²) >= 11 is 0. The zero-order chi connectivity index (χ0) is 11.8. The normalized spacial score (nSPS) is 31.5. The van der Waals surface area contributed by atoms with Gasteiger partial charge in [0.1, 0.15) is 11.5 Å². The third kappa shape index (κ3) is 2.09. The molecule has 0 amide bonds. The summed E-state index contributed by atoms with van der Waals surface area (Å²) in [5, 5.41) is 0. The number of hydrogen-bond donors (Lipinski definition) is 0. The van der Waals surface area contributed by atoms with Crippen LogP contribution in [0.15, 0.2) is 18.3 Å². The van der Waals surface area contributed by atoms with E-state index in [2.05, 4.69) is 4.98 Å². The molecule has 1 aromatic rings. The third-order valence-corrected chi connectivity index (χ3v) is 3.64. The van der Waals surface area contributed by atoms with Crippen molar-refractivity contribution >= 4 is 5.78 Å². The number of carbonyl (C=O) groups is 1. The van der Waals surface area contributed by atoms with Gasteiger partial charge < -0.3 is 4.74 Å². The Hall–Kier alpha value is -1.29. The first kappa shape index (κ1) is 10.8. The molecule has 2 bridgehead atoms. The van der Waals surface area contributed by atoms with Crippen LogP contribution in [0.1, 0.15) is 36.2 Å². The van der Waals surface area contributed by atoms with Crippen LogP contribution in [0.25, 0.3) is 0 Å².